The molecule has 6 N–H and O–H groups in total. The van der Waals surface area contributed by atoms with E-state index in [-0.39, 0.29) is 18.0 Å². The van der Waals surface area contributed by atoms with Crippen LogP contribution in [0.1, 0.15) is 51.5 Å². The van der Waals surface area contributed by atoms with E-state index >= 15 is 0 Å². The molecule has 4 amide bonds. The lowest BCUT2D eigenvalue weighted by molar-refractivity contribution is 0.251. The topological polar surface area (TPSA) is 132 Å². The van der Waals surface area contributed by atoms with E-state index in [2.05, 4.69) is 44.0 Å². The van der Waals surface area contributed by atoms with Gasteiger partial charge >= 0.3 is 12.1 Å². The van der Waals surface area contributed by atoms with Crippen LogP contribution < -0.4 is 31.9 Å². The minimum atomic E-state index is -0.314. The standard InChI is InChI=1S/C36H40Cl2N8O2/c1-21-5-11-29(37)31(18-21)45-35(47)40-16-13-27-9-7-24-19-25(20-42-34(24)44-27)28-10-12-30(38)32(22(28)2)46-36(48)41-17-14-26-8-6-23-4-3-15-39-33(23)43-26/h5-12,18,25H,3-4,13-17,19-20H2,1-2H3,(H,39,43)(H,42,44)(H2,40,45,47)(H2,41,46,48). The number of carbonyl (C=O) groups excluding carboxylic acids is 2. The number of pyridine rings is 2. The number of carbonyl (C=O) groups is 2. The van der Waals surface area contributed by atoms with E-state index < -0.39 is 0 Å². The molecule has 0 spiro atoms. The summed E-state index contributed by atoms with van der Waals surface area (Å²) in [6, 6.07) is 17.0. The molecule has 2 aliphatic heterocycles. The van der Waals surface area contributed by atoms with Gasteiger partial charge in [0, 0.05) is 56.3 Å². The number of aryl methyl sites for hydroxylation is 2. The molecule has 2 aromatic heterocycles. The first-order valence-corrected chi connectivity index (χ1v) is 17.1. The van der Waals surface area contributed by atoms with Crippen molar-refractivity contribution in [1.82, 2.24) is 20.6 Å². The fraction of sp³-hybridized carbons (Fsp3) is 0.333. The van der Waals surface area contributed by atoms with Crippen molar-refractivity contribution >= 4 is 58.3 Å². The van der Waals surface area contributed by atoms with Crippen LogP contribution in [0.5, 0.6) is 0 Å². The summed E-state index contributed by atoms with van der Waals surface area (Å²) in [7, 11) is 0. The average molecular weight is 688 g/mol. The first-order valence-electron chi connectivity index (χ1n) is 16.3. The summed E-state index contributed by atoms with van der Waals surface area (Å²) in [5.74, 6) is 1.99. The van der Waals surface area contributed by atoms with Crippen molar-refractivity contribution in [3.05, 3.63) is 104 Å². The monoisotopic (exact) mass is 686 g/mol. The maximum atomic E-state index is 12.9. The molecular formula is C36H40Cl2N8O2. The summed E-state index contributed by atoms with van der Waals surface area (Å²) >= 11 is 12.8. The van der Waals surface area contributed by atoms with E-state index in [0.717, 1.165) is 71.1 Å². The van der Waals surface area contributed by atoms with Crippen molar-refractivity contribution in [2.24, 2.45) is 0 Å². The SMILES string of the molecule is Cc1ccc(Cl)c(NC(=O)NCCc2ccc3c(n2)NCC(c2ccc(Cl)c(NC(=O)NCCc4ccc5c(n4)NCCC5)c2C)C3)c1. The van der Waals surface area contributed by atoms with Gasteiger partial charge in [-0.25, -0.2) is 19.6 Å². The third kappa shape index (κ3) is 8.11. The summed E-state index contributed by atoms with van der Waals surface area (Å²) in [5, 5.41) is 19.4. The highest BCUT2D eigenvalue weighted by Crippen LogP contribution is 2.36. The zero-order chi connectivity index (χ0) is 33.6. The number of hydrogen-bond donors (Lipinski definition) is 6. The lowest BCUT2D eigenvalue weighted by Gasteiger charge is -2.28. The summed E-state index contributed by atoms with van der Waals surface area (Å²) in [5.41, 5.74) is 8.44. The first kappa shape index (κ1) is 33.4. The van der Waals surface area contributed by atoms with Gasteiger partial charge < -0.3 is 31.9 Å². The fourth-order valence-corrected chi connectivity index (χ4v) is 6.65. The highest BCUT2D eigenvalue weighted by Gasteiger charge is 2.24. The maximum Gasteiger partial charge on any atom is 0.319 e. The average Bonchev–Trinajstić information content (AvgIpc) is 3.08. The van der Waals surface area contributed by atoms with Crippen LogP contribution in [0.2, 0.25) is 10.0 Å². The fourth-order valence-electron chi connectivity index (χ4n) is 6.23. The molecule has 0 bridgehead atoms. The van der Waals surface area contributed by atoms with Crippen LogP contribution >= 0.6 is 23.2 Å². The van der Waals surface area contributed by atoms with Gasteiger partial charge in [-0.3, -0.25) is 0 Å². The maximum absolute atomic E-state index is 12.9. The van der Waals surface area contributed by atoms with E-state index in [1.54, 1.807) is 6.07 Å². The number of halogens is 2. The van der Waals surface area contributed by atoms with Crippen LogP contribution in [0.25, 0.3) is 0 Å². The minimum Gasteiger partial charge on any atom is -0.370 e. The van der Waals surface area contributed by atoms with Gasteiger partial charge in [0.2, 0.25) is 0 Å². The van der Waals surface area contributed by atoms with Gasteiger partial charge in [0.15, 0.2) is 0 Å². The molecule has 1 unspecified atom stereocenters. The normalized spacial score (nSPS) is 14.9. The van der Waals surface area contributed by atoms with Crippen molar-refractivity contribution < 1.29 is 9.59 Å². The molecule has 0 aliphatic carbocycles. The Morgan fingerprint density at radius 1 is 0.812 bits per heavy atom. The van der Waals surface area contributed by atoms with Crippen LogP contribution in [0.4, 0.5) is 32.6 Å². The molecule has 0 saturated heterocycles. The largest absolute Gasteiger partial charge is 0.370 e. The van der Waals surface area contributed by atoms with Gasteiger partial charge in [-0.15, -0.1) is 0 Å². The minimum absolute atomic E-state index is 0.175. The lowest BCUT2D eigenvalue weighted by Crippen LogP contribution is -2.31. The van der Waals surface area contributed by atoms with Crippen molar-refractivity contribution in [3.63, 3.8) is 0 Å². The van der Waals surface area contributed by atoms with Crippen molar-refractivity contribution in [2.45, 2.75) is 51.9 Å². The first-order chi connectivity index (χ1) is 23.2. The van der Waals surface area contributed by atoms with Gasteiger partial charge in [-0.1, -0.05) is 47.5 Å². The zero-order valence-electron chi connectivity index (χ0n) is 27.1. The summed E-state index contributed by atoms with van der Waals surface area (Å²) < 4.78 is 0. The Balaban J connectivity index is 1.01. The van der Waals surface area contributed by atoms with Gasteiger partial charge in [-0.05, 0) is 91.3 Å². The molecule has 48 heavy (non-hydrogen) atoms. The van der Waals surface area contributed by atoms with Crippen molar-refractivity contribution in [1.29, 1.82) is 0 Å². The molecule has 250 valence electrons. The summed E-state index contributed by atoms with van der Waals surface area (Å²) in [6.45, 7) is 6.46. The van der Waals surface area contributed by atoms with Crippen molar-refractivity contribution in [3.8, 4) is 0 Å². The second-order valence-electron chi connectivity index (χ2n) is 12.3. The highest BCUT2D eigenvalue weighted by molar-refractivity contribution is 6.34. The second kappa shape index (κ2) is 15.1. The van der Waals surface area contributed by atoms with Gasteiger partial charge in [0.1, 0.15) is 11.6 Å². The van der Waals surface area contributed by atoms with E-state index in [1.807, 2.05) is 50.2 Å². The van der Waals surface area contributed by atoms with E-state index in [9.17, 15) is 9.59 Å². The number of amides is 4. The van der Waals surface area contributed by atoms with Crippen LogP contribution in [0, 0.1) is 13.8 Å². The van der Waals surface area contributed by atoms with E-state index in [4.69, 9.17) is 33.2 Å². The Morgan fingerprint density at radius 3 is 2.23 bits per heavy atom. The molecule has 1 atom stereocenters. The Morgan fingerprint density at radius 2 is 1.48 bits per heavy atom. The third-order valence-corrected chi connectivity index (χ3v) is 9.45. The van der Waals surface area contributed by atoms with Crippen LogP contribution in [-0.2, 0) is 25.7 Å². The van der Waals surface area contributed by atoms with Crippen molar-refractivity contribution in [2.75, 3.05) is 47.4 Å². The van der Waals surface area contributed by atoms with E-state index in [1.165, 1.54) is 5.56 Å². The summed E-state index contributed by atoms with van der Waals surface area (Å²) in [4.78, 5) is 34.8. The van der Waals surface area contributed by atoms with Crippen LogP contribution in [0.15, 0.2) is 54.6 Å². The number of nitrogens with zero attached hydrogens (tertiary/aromatic N) is 2. The molecule has 0 saturated carbocycles. The summed E-state index contributed by atoms with van der Waals surface area (Å²) in [6.07, 6.45) is 4.18. The molecule has 4 aromatic rings. The van der Waals surface area contributed by atoms with Gasteiger partial charge in [0.05, 0.1) is 21.4 Å². The number of aromatic nitrogens is 2. The second-order valence-corrected chi connectivity index (χ2v) is 13.1. The number of benzene rings is 2. The molecule has 0 radical (unpaired) electrons. The van der Waals surface area contributed by atoms with Gasteiger partial charge in [0.25, 0.3) is 0 Å². The number of urea groups is 2. The quantitative estimate of drug-likeness (QED) is 0.110. The molecule has 0 fully saturated rings. The predicted molar refractivity (Wildman–Crippen MR) is 194 cm³/mol. The number of rotatable bonds is 9. The molecule has 2 aliphatic rings. The molecule has 10 nitrogen and oxygen atoms in total. The number of fused-ring (bicyclic) bond motifs is 2. The Labute approximate surface area is 290 Å². The zero-order valence-corrected chi connectivity index (χ0v) is 28.6. The Bertz CT molecular complexity index is 1830. The molecular weight excluding hydrogens is 647 g/mol. The van der Waals surface area contributed by atoms with Gasteiger partial charge in [-0.2, -0.15) is 0 Å². The molecule has 12 heteroatoms. The van der Waals surface area contributed by atoms with Crippen LogP contribution in [0.3, 0.4) is 0 Å². The number of hydrogen-bond acceptors (Lipinski definition) is 6. The highest BCUT2D eigenvalue weighted by atomic mass is 35.5. The lowest BCUT2D eigenvalue weighted by atomic mass is 9.86. The Hall–Kier alpha value is -4.54. The Kier molecular flexibility index (Phi) is 10.5. The number of anilines is 4. The molecule has 4 heterocycles. The smallest absolute Gasteiger partial charge is 0.319 e. The third-order valence-electron chi connectivity index (χ3n) is 8.81. The molecule has 6 rings (SSSR count). The van der Waals surface area contributed by atoms with Crippen LogP contribution in [-0.4, -0.2) is 48.2 Å². The number of nitrogens with one attached hydrogen (secondary N) is 6. The van der Waals surface area contributed by atoms with E-state index in [0.29, 0.717) is 53.9 Å². The predicted octanol–water partition coefficient (Wildman–Crippen LogP) is 7.24. The molecule has 2 aromatic carbocycles.